The number of rotatable bonds is 3. The average molecular weight is 341 g/mol. The Bertz CT molecular complexity index is 787. The molecule has 0 radical (unpaired) electrons. The lowest BCUT2D eigenvalue weighted by Gasteiger charge is -2.35. The van der Waals surface area contributed by atoms with Crippen molar-refractivity contribution in [2.45, 2.75) is 6.54 Å². The fourth-order valence-electron chi connectivity index (χ4n) is 2.98. The van der Waals surface area contributed by atoms with Crippen LogP contribution in [-0.2, 0) is 6.54 Å². The van der Waals surface area contributed by atoms with Gasteiger partial charge in [0.2, 0.25) is 0 Å². The third kappa shape index (κ3) is 3.10. The smallest absolute Gasteiger partial charge is 0.317 e. The maximum atomic E-state index is 12.3. The van der Waals surface area contributed by atoms with Gasteiger partial charge in [-0.15, -0.1) is 11.3 Å². The van der Waals surface area contributed by atoms with Gasteiger partial charge in [0.1, 0.15) is 11.3 Å². The summed E-state index contributed by atoms with van der Waals surface area (Å²) in [7, 11) is 0. The highest BCUT2D eigenvalue weighted by atomic mass is 32.1. The number of carbonyl (C=O) groups is 1. The molecule has 1 aromatic carbocycles. The van der Waals surface area contributed by atoms with Crippen molar-refractivity contribution in [2.75, 3.05) is 31.1 Å². The lowest BCUT2D eigenvalue weighted by Crippen LogP contribution is -2.51. The molecule has 1 saturated heterocycles. The van der Waals surface area contributed by atoms with E-state index in [0.717, 1.165) is 42.9 Å². The van der Waals surface area contributed by atoms with E-state index in [-0.39, 0.29) is 6.03 Å². The summed E-state index contributed by atoms with van der Waals surface area (Å²) in [6.07, 6.45) is 0. The molecule has 6 heteroatoms. The number of hydrogen-bond donors (Lipinski definition) is 1. The molecule has 0 saturated carbocycles. The Morgan fingerprint density at radius 3 is 2.71 bits per heavy atom. The number of urea groups is 1. The van der Waals surface area contributed by atoms with Crippen LogP contribution in [0.15, 0.2) is 52.3 Å². The predicted molar refractivity (Wildman–Crippen MR) is 96.6 cm³/mol. The van der Waals surface area contributed by atoms with Gasteiger partial charge < -0.3 is 19.5 Å². The van der Waals surface area contributed by atoms with Gasteiger partial charge in [-0.1, -0.05) is 18.2 Å². The van der Waals surface area contributed by atoms with E-state index in [1.807, 2.05) is 35.2 Å². The minimum atomic E-state index is -0.0266. The Labute approximate surface area is 144 Å². The number of carbonyl (C=O) groups excluding carboxylic acids is 1. The summed E-state index contributed by atoms with van der Waals surface area (Å²) in [5, 5.41) is 7.38. The first kappa shape index (κ1) is 15.1. The molecule has 2 amide bonds. The maximum Gasteiger partial charge on any atom is 0.317 e. The van der Waals surface area contributed by atoms with Crippen molar-refractivity contribution in [2.24, 2.45) is 0 Å². The number of amides is 2. The van der Waals surface area contributed by atoms with Crippen molar-refractivity contribution in [3.05, 3.63) is 53.6 Å². The first-order valence-corrected chi connectivity index (χ1v) is 8.96. The maximum absolute atomic E-state index is 12.3. The number of thiophene rings is 1. The van der Waals surface area contributed by atoms with E-state index < -0.39 is 0 Å². The molecule has 5 nitrogen and oxygen atoms in total. The first-order valence-electron chi connectivity index (χ1n) is 8.08. The van der Waals surface area contributed by atoms with Crippen LogP contribution in [0.4, 0.5) is 9.80 Å². The standard InChI is InChI=1S/C18H19N3O2S/c22-18(19-13-15-12-14-4-1-2-5-16(14)23-15)21-9-7-20(8-10-21)17-6-3-11-24-17/h1-6,11-12H,7-10,13H2,(H,19,22). The van der Waals surface area contributed by atoms with Gasteiger partial charge in [-0.05, 0) is 29.6 Å². The normalized spacial score (nSPS) is 15.0. The topological polar surface area (TPSA) is 48.7 Å². The van der Waals surface area contributed by atoms with Gasteiger partial charge in [0.15, 0.2) is 0 Å². The molecule has 0 unspecified atom stereocenters. The van der Waals surface area contributed by atoms with E-state index >= 15 is 0 Å². The number of benzene rings is 1. The summed E-state index contributed by atoms with van der Waals surface area (Å²) in [5.74, 6) is 0.779. The van der Waals surface area contributed by atoms with Crippen molar-refractivity contribution in [3.8, 4) is 0 Å². The summed E-state index contributed by atoms with van der Waals surface area (Å²) < 4.78 is 5.73. The second kappa shape index (κ2) is 6.57. The summed E-state index contributed by atoms with van der Waals surface area (Å²) in [5.41, 5.74) is 0.853. The lowest BCUT2D eigenvalue weighted by atomic mass is 10.2. The Kier molecular flexibility index (Phi) is 4.13. The molecular formula is C18H19N3O2S. The number of furan rings is 1. The fraction of sp³-hybridized carbons (Fsp3) is 0.278. The van der Waals surface area contributed by atoms with Gasteiger partial charge in [-0.2, -0.15) is 0 Å². The molecule has 2 aromatic heterocycles. The van der Waals surface area contributed by atoms with Crippen molar-refractivity contribution < 1.29 is 9.21 Å². The number of piperazine rings is 1. The number of anilines is 1. The van der Waals surface area contributed by atoms with Crippen molar-refractivity contribution >= 4 is 33.3 Å². The predicted octanol–water partition coefficient (Wildman–Crippen LogP) is 3.53. The molecule has 24 heavy (non-hydrogen) atoms. The Balaban J connectivity index is 1.30. The van der Waals surface area contributed by atoms with E-state index in [2.05, 4.69) is 27.7 Å². The fourth-order valence-corrected chi connectivity index (χ4v) is 3.76. The van der Waals surface area contributed by atoms with Crippen LogP contribution in [0.2, 0.25) is 0 Å². The molecule has 0 atom stereocenters. The average Bonchev–Trinajstić information content (AvgIpc) is 3.29. The Morgan fingerprint density at radius 1 is 1.12 bits per heavy atom. The molecule has 1 N–H and O–H groups in total. The SMILES string of the molecule is O=C(NCc1cc2ccccc2o1)N1CCN(c2cccs2)CC1. The van der Waals surface area contributed by atoms with Crippen molar-refractivity contribution in [1.82, 2.24) is 10.2 Å². The van der Waals surface area contributed by atoms with Gasteiger partial charge in [0, 0.05) is 31.6 Å². The van der Waals surface area contributed by atoms with E-state index in [1.54, 1.807) is 11.3 Å². The monoisotopic (exact) mass is 341 g/mol. The molecular weight excluding hydrogens is 322 g/mol. The van der Waals surface area contributed by atoms with Crippen LogP contribution in [0.3, 0.4) is 0 Å². The molecule has 4 rings (SSSR count). The number of hydrogen-bond acceptors (Lipinski definition) is 4. The number of fused-ring (bicyclic) bond motifs is 1. The largest absolute Gasteiger partial charge is 0.459 e. The summed E-state index contributed by atoms with van der Waals surface area (Å²) in [4.78, 5) is 16.5. The van der Waals surface area contributed by atoms with Gasteiger partial charge >= 0.3 is 6.03 Å². The van der Waals surface area contributed by atoms with Crippen LogP contribution >= 0.6 is 11.3 Å². The van der Waals surface area contributed by atoms with Crippen LogP contribution in [0.5, 0.6) is 0 Å². The highest BCUT2D eigenvalue weighted by Gasteiger charge is 2.21. The molecule has 0 aliphatic carbocycles. The zero-order valence-electron chi connectivity index (χ0n) is 13.3. The van der Waals surface area contributed by atoms with Crippen molar-refractivity contribution in [1.29, 1.82) is 0 Å². The zero-order valence-corrected chi connectivity index (χ0v) is 14.1. The second-order valence-electron chi connectivity index (χ2n) is 5.83. The van der Waals surface area contributed by atoms with Crippen LogP contribution in [0.25, 0.3) is 11.0 Å². The molecule has 124 valence electrons. The van der Waals surface area contributed by atoms with Gasteiger partial charge in [-0.25, -0.2) is 4.79 Å². The van der Waals surface area contributed by atoms with Crippen molar-refractivity contribution in [3.63, 3.8) is 0 Å². The van der Waals surface area contributed by atoms with E-state index in [1.165, 1.54) is 5.00 Å². The quantitative estimate of drug-likeness (QED) is 0.793. The van der Waals surface area contributed by atoms with Crippen LogP contribution in [0, 0.1) is 0 Å². The van der Waals surface area contributed by atoms with Crippen LogP contribution in [-0.4, -0.2) is 37.1 Å². The van der Waals surface area contributed by atoms with Gasteiger partial charge in [-0.3, -0.25) is 0 Å². The molecule has 3 aromatic rings. The van der Waals surface area contributed by atoms with Crippen LogP contribution in [0.1, 0.15) is 5.76 Å². The molecule has 0 spiro atoms. The minimum absolute atomic E-state index is 0.0266. The van der Waals surface area contributed by atoms with Gasteiger partial charge in [0.05, 0.1) is 11.5 Å². The number of nitrogens with zero attached hydrogens (tertiary/aromatic N) is 2. The second-order valence-corrected chi connectivity index (χ2v) is 6.76. The summed E-state index contributed by atoms with van der Waals surface area (Å²) in [6, 6.07) is 14.0. The van der Waals surface area contributed by atoms with Gasteiger partial charge in [0.25, 0.3) is 0 Å². The Hall–Kier alpha value is -2.47. The third-order valence-electron chi connectivity index (χ3n) is 4.28. The third-order valence-corrected chi connectivity index (χ3v) is 5.20. The molecule has 1 fully saturated rings. The highest BCUT2D eigenvalue weighted by molar-refractivity contribution is 7.14. The lowest BCUT2D eigenvalue weighted by molar-refractivity contribution is 0.193. The van der Waals surface area contributed by atoms with E-state index in [9.17, 15) is 4.79 Å². The number of nitrogens with one attached hydrogen (secondary N) is 1. The highest BCUT2D eigenvalue weighted by Crippen LogP contribution is 2.22. The van der Waals surface area contributed by atoms with Crippen LogP contribution < -0.4 is 10.2 Å². The zero-order chi connectivity index (χ0) is 16.4. The number of para-hydroxylation sites is 1. The molecule has 1 aliphatic heterocycles. The summed E-state index contributed by atoms with van der Waals surface area (Å²) in [6.45, 7) is 3.64. The molecule has 0 bridgehead atoms. The summed E-state index contributed by atoms with van der Waals surface area (Å²) >= 11 is 1.74. The van der Waals surface area contributed by atoms with E-state index in [0.29, 0.717) is 6.54 Å². The molecule has 3 heterocycles. The first-order chi connectivity index (χ1) is 11.8. The van der Waals surface area contributed by atoms with E-state index in [4.69, 9.17) is 4.42 Å². The minimum Gasteiger partial charge on any atom is -0.459 e. The molecule has 1 aliphatic rings. The Morgan fingerprint density at radius 2 is 1.96 bits per heavy atom.